The molecule has 0 spiro atoms. The Hall–Kier alpha value is -0.890. The Labute approximate surface area is 75.1 Å². The van der Waals surface area contributed by atoms with E-state index in [9.17, 15) is 5.11 Å². The van der Waals surface area contributed by atoms with Gasteiger partial charge in [-0.3, -0.25) is 0 Å². The Balaban J connectivity index is 2.69. The molecule has 0 amide bonds. The van der Waals surface area contributed by atoms with Gasteiger partial charge in [-0.15, -0.1) is 11.3 Å². The molecule has 0 saturated carbocycles. The molecule has 1 aromatic rings. The number of nitrogens with zero attached hydrogens (tertiary/aromatic N) is 1. The van der Waals surface area contributed by atoms with Crippen molar-refractivity contribution in [1.82, 2.24) is 0 Å². The van der Waals surface area contributed by atoms with Gasteiger partial charge in [0, 0.05) is 4.88 Å². The highest BCUT2D eigenvalue weighted by Crippen LogP contribution is 2.24. The molecule has 0 unspecified atom stereocenters. The molecule has 4 heteroatoms. The van der Waals surface area contributed by atoms with Crippen LogP contribution in [0, 0.1) is 11.3 Å². The molecular formula is C8H10N2OS. The molecule has 0 radical (unpaired) electrons. The van der Waals surface area contributed by atoms with Crippen LogP contribution in [0.25, 0.3) is 0 Å². The molecule has 0 bridgehead atoms. The number of thiophene rings is 1. The van der Waals surface area contributed by atoms with Crippen LogP contribution in [0.4, 0.5) is 0 Å². The van der Waals surface area contributed by atoms with Gasteiger partial charge in [0.05, 0.1) is 6.10 Å². The SMILES string of the molecule is N#Cc1ccc([C@H](O)CCN)s1. The van der Waals surface area contributed by atoms with Crippen LogP contribution in [-0.4, -0.2) is 11.7 Å². The van der Waals surface area contributed by atoms with Crippen molar-refractivity contribution in [2.24, 2.45) is 5.73 Å². The van der Waals surface area contributed by atoms with E-state index in [2.05, 4.69) is 0 Å². The van der Waals surface area contributed by atoms with E-state index in [1.165, 1.54) is 11.3 Å². The molecule has 0 fully saturated rings. The number of hydrogen-bond acceptors (Lipinski definition) is 4. The normalized spacial score (nSPS) is 12.4. The summed E-state index contributed by atoms with van der Waals surface area (Å²) in [6, 6.07) is 5.50. The van der Waals surface area contributed by atoms with E-state index in [1.54, 1.807) is 12.1 Å². The lowest BCUT2D eigenvalue weighted by molar-refractivity contribution is 0.174. The third-order valence-electron chi connectivity index (χ3n) is 1.51. The summed E-state index contributed by atoms with van der Waals surface area (Å²) in [5.41, 5.74) is 5.29. The molecule has 3 nitrogen and oxygen atoms in total. The molecule has 12 heavy (non-hydrogen) atoms. The van der Waals surface area contributed by atoms with Gasteiger partial charge in [0.15, 0.2) is 0 Å². The van der Waals surface area contributed by atoms with Crippen LogP contribution in [-0.2, 0) is 0 Å². The first-order valence-electron chi connectivity index (χ1n) is 3.66. The van der Waals surface area contributed by atoms with E-state index in [1.807, 2.05) is 6.07 Å². The van der Waals surface area contributed by atoms with Crippen molar-refractivity contribution in [1.29, 1.82) is 5.26 Å². The largest absolute Gasteiger partial charge is 0.388 e. The van der Waals surface area contributed by atoms with E-state index in [4.69, 9.17) is 11.0 Å². The highest BCUT2D eigenvalue weighted by Gasteiger charge is 2.08. The van der Waals surface area contributed by atoms with Crippen LogP contribution in [0.1, 0.15) is 22.3 Å². The molecule has 1 atom stereocenters. The monoisotopic (exact) mass is 182 g/mol. The lowest BCUT2D eigenvalue weighted by Crippen LogP contribution is -2.05. The molecule has 0 aromatic carbocycles. The second-order valence-electron chi connectivity index (χ2n) is 2.41. The first-order chi connectivity index (χ1) is 5.77. The second kappa shape index (κ2) is 4.21. The van der Waals surface area contributed by atoms with E-state index in [0.717, 1.165) is 4.88 Å². The maximum absolute atomic E-state index is 9.45. The van der Waals surface area contributed by atoms with Gasteiger partial charge in [0.25, 0.3) is 0 Å². The van der Waals surface area contributed by atoms with Crippen molar-refractivity contribution < 1.29 is 5.11 Å². The Bertz CT molecular complexity index is 289. The zero-order valence-corrected chi connectivity index (χ0v) is 7.34. The zero-order valence-electron chi connectivity index (χ0n) is 6.53. The van der Waals surface area contributed by atoms with Gasteiger partial charge in [-0.2, -0.15) is 5.26 Å². The molecule has 0 saturated heterocycles. The van der Waals surface area contributed by atoms with Crippen molar-refractivity contribution in [2.45, 2.75) is 12.5 Å². The zero-order chi connectivity index (χ0) is 8.97. The molecular weight excluding hydrogens is 172 g/mol. The number of aliphatic hydroxyl groups excluding tert-OH is 1. The highest BCUT2D eigenvalue weighted by atomic mass is 32.1. The average molecular weight is 182 g/mol. The van der Waals surface area contributed by atoms with E-state index in [0.29, 0.717) is 17.8 Å². The third kappa shape index (κ3) is 2.05. The van der Waals surface area contributed by atoms with E-state index in [-0.39, 0.29) is 0 Å². The molecule has 0 aliphatic carbocycles. The molecule has 1 aromatic heterocycles. The third-order valence-corrected chi connectivity index (χ3v) is 2.60. The Morgan fingerprint density at radius 3 is 2.92 bits per heavy atom. The molecule has 1 heterocycles. The lowest BCUT2D eigenvalue weighted by Gasteiger charge is -2.04. The van der Waals surface area contributed by atoms with Gasteiger partial charge in [0.2, 0.25) is 0 Å². The van der Waals surface area contributed by atoms with Gasteiger partial charge in [-0.25, -0.2) is 0 Å². The minimum Gasteiger partial charge on any atom is -0.388 e. The van der Waals surface area contributed by atoms with Crippen molar-refractivity contribution in [2.75, 3.05) is 6.54 Å². The van der Waals surface area contributed by atoms with Crippen LogP contribution < -0.4 is 5.73 Å². The standard InChI is InChI=1S/C8H10N2OS/c9-4-3-7(11)8-2-1-6(5-10)12-8/h1-2,7,11H,3-4,9H2/t7-/m1/s1. The fourth-order valence-electron chi connectivity index (χ4n) is 0.892. The molecule has 3 N–H and O–H groups in total. The Morgan fingerprint density at radius 1 is 1.67 bits per heavy atom. The topological polar surface area (TPSA) is 70.0 Å². The summed E-state index contributed by atoms with van der Waals surface area (Å²) in [6.45, 7) is 0.459. The summed E-state index contributed by atoms with van der Waals surface area (Å²) < 4.78 is 0. The highest BCUT2D eigenvalue weighted by molar-refractivity contribution is 7.12. The number of nitrogens with two attached hydrogens (primary N) is 1. The summed E-state index contributed by atoms with van der Waals surface area (Å²) in [4.78, 5) is 1.44. The predicted molar refractivity (Wildman–Crippen MR) is 47.7 cm³/mol. The molecule has 0 aliphatic rings. The second-order valence-corrected chi connectivity index (χ2v) is 3.52. The van der Waals surface area contributed by atoms with Crippen molar-refractivity contribution >= 4 is 11.3 Å². The van der Waals surface area contributed by atoms with Gasteiger partial charge >= 0.3 is 0 Å². The summed E-state index contributed by atoms with van der Waals surface area (Å²) in [5, 5.41) is 18.0. The number of hydrogen-bond donors (Lipinski definition) is 2. The summed E-state index contributed by atoms with van der Waals surface area (Å²) >= 11 is 1.31. The van der Waals surface area contributed by atoms with Gasteiger partial charge in [-0.1, -0.05) is 0 Å². The predicted octanol–water partition coefficient (Wildman–Crippen LogP) is 1.00. The van der Waals surface area contributed by atoms with E-state index < -0.39 is 6.10 Å². The lowest BCUT2D eigenvalue weighted by atomic mass is 10.2. The maximum atomic E-state index is 9.45. The van der Waals surface area contributed by atoms with E-state index >= 15 is 0 Å². The fourth-order valence-corrected chi connectivity index (χ4v) is 1.72. The van der Waals surface area contributed by atoms with Crippen LogP contribution >= 0.6 is 11.3 Å². The minimum absolute atomic E-state index is 0.459. The van der Waals surface area contributed by atoms with Gasteiger partial charge in [0.1, 0.15) is 10.9 Å². The Kier molecular flexibility index (Phi) is 3.23. The summed E-state index contributed by atoms with van der Waals surface area (Å²) in [6.07, 6.45) is 0.0351. The number of aliphatic hydroxyl groups is 1. The summed E-state index contributed by atoms with van der Waals surface area (Å²) in [5.74, 6) is 0. The van der Waals surface area contributed by atoms with Gasteiger partial charge < -0.3 is 10.8 Å². The number of rotatable bonds is 3. The molecule has 1 rings (SSSR count). The number of nitriles is 1. The molecule has 0 aliphatic heterocycles. The maximum Gasteiger partial charge on any atom is 0.110 e. The van der Waals surface area contributed by atoms with Crippen LogP contribution in [0.5, 0.6) is 0 Å². The van der Waals surface area contributed by atoms with Crippen molar-refractivity contribution in [3.8, 4) is 6.07 Å². The molecule has 64 valence electrons. The van der Waals surface area contributed by atoms with Crippen LogP contribution in [0.3, 0.4) is 0 Å². The minimum atomic E-state index is -0.512. The Morgan fingerprint density at radius 2 is 2.42 bits per heavy atom. The smallest absolute Gasteiger partial charge is 0.110 e. The van der Waals surface area contributed by atoms with Crippen molar-refractivity contribution in [3.05, 3.63) is 21.9 Å². The first-order valence-corrected chi connectivity index (χ1v) is 4.47. The summed E-state index contributed by atoms with van der Waals surface area (Å²) in [7, 11) is 0. The average Bonchev–Trinajstić information content (AvgIpc) is 2.52. The van der Waals surface area contributed by atoms with Crippen molar-refractivity contribution in [3.63, 3.8) is 0 Å². The van der Waals surface area contributed by atoms with Gasteiger partial charge in [-0.05, 0) is 25.1 Å². The first kappa shape index (κ1) is 9.20. The van der Waals surface area contributed by atoms with Crippen LogP contribution in [0.2, 0.25) is 0 Å². The quantitative estimate of drug-likeness (QED) is 0.732. The van der Waals surface area contributed by atoms with Crippen LogP contribution in [0.15, 0.2) is 12.1 Å². The fraction of sp³-hybridized carbons (Fsp3) is 0.375.